The highest BCUT2D eigenvalue weighted by Crippen LogP contribution is 2.26. The molecule has 0 aliphatic carbocycles. The van der Waals surface area contributed by atoms with Crippen LogP contribution in [0.25, 0.3) is 16.9 Å². The Morgan fingerprint density at radius 2 is 1.97 bits per heavy atom. The monoisotopic (exact) mass is 433 g/mol. The van der Waals surface area contributed by atoms with Crippen LogP contribution in [0.3, 0.4) is 0 Å². The fraction of sp³-hybridized carbons (Fsp3) is 0.130. The normalized spacial score (nSPS) is 10.6. The molecule has 1 N–H and O–H groups in total. The summed E-state index contributed by atoms with van der Waals surface area (Å²) < 4.78 is 6.94. The molecule has 8 heteroatoms. The average molecular weight is 434 g/mol. The second kappa shape index (κ2) is 9.40. The van der Waals surface area contributed by atoms with Gasteiger partial charge in [0.05, 0.1) is 12.8 Å². The van der Waals surface area contributed by atoms with Gasteiger partial charge in [0.1, 0.15) is 11.4 Å². The van der Waals surface area contributed by atoms with Crippen LogP contribution < -0.4 is 10.1 Å². The number of ether oxygens (including phenoxy) is 1. The lowest BCUT2D eigenvalue weighted by molar-refractivity contribution is 0.0949. The van der Waals surface area contributed by atoms with Crippen molar-refractivity contribution in [1.29, 1.82) is 0 Å². The third-order valence-electron chi connectivity index (χ3n) is 4.73. The third-order valence-corrected chi connectivity index (χ3v) is 4.98. The van der Waals surface area contributed by atoms with Gasteiger partial charge in [-0.15, -0.1) is 5.10 Å². The van der Waals surface area contributed by atoms with E-state index in [0.29, 0.717) is 29.4 Å². The first-order valence-corrected chi connectivity index (χ1v) is 10.1. The van der Waals surface area contributed by atoms with Gasteiger partial charge >= 0.3 is 0 Å². The fourth-order valence-electron chi connectivity index (χ4n) is 3.17. The lowest BCUT2D eigenvalue weighted by Gasteiger charge is -2.10. The molecule has 0 aliphatic heterocycles. The van der Waals surface area contributed by atoms with Gasteiger partial charge in [0.15, 0.2) is 5.69 Å². The topological polar surface area (TPSA) is 81.9 Å². The van der Waals surface area contributed by atoms with Crippen LogP contribution in [-0.4, -0.2) is 39.5 Å². The number of aromatic nitrogens is 4. The van der Waals surface area contributed by atoms with Gasteiger partial charge in [0.2, 0.25) is 0 Å². The van der Waals surface area contributed by atoms with Crippen LogP contribution in [0.4, 0.5) is 0 Å². The molecule has 0 atom stereocenters. The lowest BCUT2D eigenvalue weighted by Crippen LogP contribution is -2.26. The van der Waals surface area contributed by atoms with E-state index in [1.807, 2.05) is 54.6 Å². The van der Waals surface area contributed by atoms with Crippen molar-refractivity contribution in [2.45, 2.75) is 6.42 Å². The molecule has 4 aromatic rings. The van der Waals surface area contributed by atoms with E-state index in [1.165, 1.54) is 0 Å². The molecule has 4 rings (SSSR count). The molecule has 0 saturated heterocycles. The van der Waals surface area contributed by atoms with Crippen LogP contribution >= 0.6 is 11.6 Å². The van der Waals surface area contributed by atoms with E-state index in [1.54, 1.807) is 30.3 Å². The Morgan fingerprint density at radius 1 is 1.13 bits per heavy atom. The summed E-state index contributed by atoms with van der Waals surface area (Å²) in [5.41, 5.74) is 3.33. The first kappa shape index (κ1) is 20.6. The second-order valence-corrected chi connectivity index (χ2v) is 7.21. The zero-order valence-corrected chi connectivity index (χ0v) is 17.6. The molecule has 0 unspecified atom stereocenters. The number of carbonyl (C=O) groups excluding carboxylic acids is 1. The van der Waals surface area contributed by atoms with Crippen molar-refractivity contribution in [3.63, 3.8) is 0 Å². The van der Waals surface area contributed by atoms with Gasteiger partial charge in [-0.2, -0.15) is 0 Å². The zero-order valence-electron chi connectivity index (χ0n) is 16.8. The molecule has 0 saturated carbocycles. The first-order chi connectivity index (χ1) is 15.2. The number of hydrogen-bond acceptors (Lipinski definition) is 5. The highest BCUT2D eigenvalue weighted by Gasteiger charge is 2.22. The van der Waals surface area contributed by atoms with E-state index >= 15 is 0 Å². The molecule has 7 nitrogen and oxygen atoms in total. The quantitative estimate of drug-likeness (QED) is 0.477. The predicted octanol–water partition coefficient (Wildman–Crippen LogP) is 3.96. The van der Waals surface area contributed by atoms with Crippen molar-refractivity contribution in [2.75, 3.05) is 13.7 Å². The summed E-state index contributed by atoms with van der Waals surface area (Å²) in [5.74, 6) is 0.376. The van der Waals surface area contributed by atoms with Crippen LogP contribution in [0.1, 0.15) is 16.1 Å². The van der Waals surface area contributed by atoms with E-state index in [2.05, 4.69) is 20.6 Å². The second-order valence-electron chi connectivity index (χ2n) is 6.77. The molecule has 2 aromatic heterocycles. The van der Waals surface area contributed by atoms with Crippen molar-refractivity contribution in [1.82, 2.24) is 25.3 Å². The van der Waals surface area contributed by atoms with E-state index in [0.717, 1.165) is 16.8 Å². The Labute approximate surface area is 184 Å². The van der Waals surface area contributed by atoms with Crippen molar-refractivity contribution in [3.8, 4) is 22.7 Å². The van der Waals surface area contributed by atoms with Crippen molar-refractivity contribution in [3.05, 3.63) is 89.3 Å². The molecule has 2 aromatic carbocycles. The molecule has 1 amide bonds. The molecular weight excluding hydrogens is 414 g/mol. The van der Waals surface area contributed by atoms with Gasteiger partial charge in [0, 0.05) is 35.6 Å². The Balaban J connectivity index is 1.61. The Hall–Kier alpha value is -3.71. The van der Waals surface area contributed by atoms with Crippen molar-refractivity contribution < 1.29 is 9.53 Å². The minimum atomic E-state index is -0.304. The first-order valence-electron chi connectivity index (χ1n) is 9.69. The number of halogens is 1. The molecule has 0 fully saturated rings. The maximum absolute atomic E-state index is 13.0. The standard InChI is InChI=1S/C23H20ClN5O2/c1-31-20-6-2-5-19(14-20)29-22(17-4-3-12-25-15-17)21(27-28-29)23(30)26-13-11-16-7-9-18(24)10-8-16/h2-10,12,14-15H,11,13H2,1H3,(H,26,30). The number of methoxy groups -OCH3 is 1. The minimum Gasteiger partial charge on any atom is -0.497 e. The number of rotatable bonds is 7. The van der Waals surface area contributed by atoms with E-state index < -0.39 is 0 Å². The van der Waals surface area contributed by atoms with Crippen LogP contribution in [0.15, 0.2) is 73.1 Å². The zero-order chi connectivity index (χ0) is 21.6. The minimum absolute atomic E-state index is 0.229. The molecule has 0 spiro atoms. The fourth-order valence-corrected chi connectivity index (χ4v) is 3.30. The van der Waals surface area contributed by atoms with Gasteiger partial charge in [0.25, 0.3) is 5.91 Å². The average Bonchev–Trinajstić information content (AvgIpc) is 3.26. The summed E-state index contributed by atoms with van der Waals surface area (Å²) in [6.45, 7) is 0.457. The molecular formula is C23H20ClN5O2. The molecule has 2 heterocycles. The van der Waals surface area contributed by atoms with Crippen LogP contribution in [0, 0.1) is 0 Å². The Bertz CT molecular complexity index is 1180. The summed E-state index contributed by atoms with van der Waals surface area (Å²) in [4.78, 5) is 17.1. The number of pyridine rings is 1. The van der Waals surface area contributed by atoms with Crippen molar-refractivity contribution in [2.24, 2.45) is 0 Å². The van der Waals surface area contributed by atoms with Gasteiger partial charge in [-0.3, -0.25) is 9.78 Å². The van der Waals surface area contributed by atoms with E-state index in [4.69, 9.17) is 16.3 Å². The maximum Gasteiger partial charge on any atom is 0.274 e. The molecule has 0 bridgehead atoms. The number of carbonyl (C=O) groups is 1. The van der Waals surface area contributed by atoms with Crippen LogP contribution in [0.5, 0.6) is 5.75 Å². The third kappa shape index (κ3) is 4.73. The van der Waals surface area contributed by atoms with Gasteiger partial charge in [-0.05, 0) is 48.4 Å². The number of nitrogens with one attached hydrogen (secondary N) is 1. The van der Waals surface area contributed by atoms with Crippen LogP contribution in [-0.2, 0) is 6.42 Å². The number of nitrogens with zero attached hydrogens (tertiary/aromatic N) is 4. The molecule has 31 heavy (non-hydrogen) atoms. The molecule has 0 aliphatic rings. The van der Waals surface area contributed by atoms with E-state index in [9.17, 15) is 4.79 Å². The smallest absolute Gasteiger partial charge is 0.274 e. The summed E-state index contributed by atoms with van der Waals surface area (Å²) in [5, 5.41) is 12.0. The van der Waals surface area contributed by atoms with Gasteiger partial charge in [-0.25, -0.2) is 4.68 Å². The SMILES string of the molecule is COc1cccc(-n2nnc(C(=O)NCCc3ccc(Cl)cc3)c2-c2cccnc2)c1. The summed E-state index contributed by atoms with van der Waals surface area (Å²) in [6.07, 6.45) is 4.03. The summed E-state index contributed by atoms with van der Waals surface area (Å²) >= 11 is 5.92. The number of hydrogen-bond donors (Lipinski definition) is 1. The summed E-state index contributed by atoms with van der Waals surface area (Å²) in [7, 11) is 1.60. The summed E-state index contributed by atoms with van der Waals surface area (Å²) in [6, 6.07) is 18.6. The number of benzene rings is 2. The highest BCUT2D eigenvalue weighted by atomic mass is 35.5. The van der Waals surface area contributed by atoms with Crippen molar-refractivity contribution >= 4 is 17.5 Å². The predicted molar refractivity (Wildman–Crippen MR) is 119 cm³/mol. The van der Waals surface area contributed by atoms with Gasteiger partial charge in [-0.1, -0.05) is 35.0 Å². The Morgan fingerprint density at radius 3 is 2.71 bits per heavy atom. The molecule has 0 radical (unpaired) electrons. The van der Waals surface area contributed by atoms with Gasteiger partial charge < -0.3 is 10.1 Å². The lowest BCUT2D eigenvalue weighted by atomic mass is 10.1. The Kier molecular flexibility index (Phi) is 6.24. The largest absolute Gasteiger partial charge is 0.497 e. The number of amides is 1. The van der Waals surface area contributed by atoms with Crippen LogP contribution in [0.2, 0.25) is 5.02 Å². The molecule has 156 valence electrons. The highest BCUT2D eigenvalue weighted by molar-refractivity contribution is 6.30. The van der Waals surface area contributed by atoms with E-state index in [-0.39, 0.29) is 11.6 Å². The maximum atomic E-state index is 13.0.